The van der Waals surface area contributed by atoms with Crippen molar-refractivity contribution in [2.24, 2.45) is 0 Å². The molecule has 1 unspecified atom stereocenters. The average Bonchev–Trinajstić information content (AvgIpc) is 3.47. The minimum atomic E-state index is -0.777. The van der Waals surface area contributed by atoms with Crippen molar-refractivity contribution in [2.45, 2.75) is 354 Å². The van der Waals surface area contributed by atoms with Crippen molar-refractivity contribution in [1.29, 1.82) is 0 Å². The van der Waals surface area contributed by atoms with E-state index in [1.807, 2.05) is 0 Å². The third kappa shape index (κ3) is 67.1. The van der Waals surface area contributed by atoms with Crippen LogP contribution in [0.3, 0.4) is 0 Å². The minimum absolute atomic E-state index is 0.0763. The van der Waals surface area contributed by atoms with Crippen molar-refractivity contribution in [3.05, 3.63) is 97.2 Å². The van der Waals surface area contributed by atoms with Gasteiger partial charge in [0.2, 0.25) is 0 Å². The number of unbranched alkanes of at least 4 members (excludes halogenated alkanes) is 37. The molecule has 0 aliphatic carbocycles. The maximum Gasteiger partial charge on any atom is 0.306 e. The molecule has 0 N–H and O–H groups in total. The van der Waals surface area contributed by atoms with Crippen LogP contribution in [0.25, 0.3) is 0 Å². The Morgan fingerprint density at radius 1 is 0.256 bits per heavy atom. The van der Waals surface area contributed by atoms with Gasteiger partial charge in [-0.15, -0.1) is 0 Å². The Morgan fingerprint density at radius 3 is 0.744 bits per heavy atom. The Bertz CT molecular complexity index is 1590. The first-order chi connectivity index (χ1) is 40.5. The highest BCUT2D eigenvalue weighted by molar-refractivity contribution is 5.71. The molecule has 0 radical (unpaired) electrons. The lowest BCUT2D eigenvalue weighted by Gasteiger charge is -2.18. The Labute approximate surface area is 508 Å². The summed E-state index contributed by atoms with van der Waals surface area (Å²) in [6.07, 6.45) is 94.8. The van der Waals surface area contributed by atoms with Crippen molar-refractivity contribution in [2.75, 3.05) is 13.2 Å². The molecule has 0 saturated carbocycles. The van der Waals surface area contributed by atoms with Gasteiger partial charge in [-0.1, -0.05) is 343 Å². The number of ether oxygens (including phenoxy) is 3. The van der Waals surface area contributed by atoms with Gasteiger partial charge in [0.1, 0.15) is 13.2 Å². The van der Waals surface area contributed by atoms with Crippen LogP contribution in [0.5, 0.6) is 0 Å². The Kier molecular flexibility index (Phi) is 66.7. The number of carbonyl (C=O) groups excluding carboxylic acids is 3. The summed E-state index contributed by atoms with van der Waals surface area (Å²) < 4.78 is 16.8. The predicted octanol–water partition coefficient (Wildman–Crippen LogP) is 24.4. The summed E-state index contributed by atoms with van der Waals surface area (Å²) in [5.41, 5.74) is 0. The summed E-state index contributed by atoms with van der Waals surface area (Å²) in [6, 6.07) is 0. The Hall–Kier alpha value is -3.67. The van der Waals surface area contributed by atoms with Crippen molar-refractivity contribution < 1.29 is 28.6 Å². The van der Waals surface area contributed by atoms with Crippen LogP contribution >= 0.6 is 0 Å². The van der Waals surface area contributed by atoms with Gasteiger partial charge in [0, 0.05) is 19.3 Å². The van der Waals surface area contributed by atoms with Gasteiger partial charge in [-0.25, -0.2) is 0 Å². The first-order valence-electron chi connectivity index (χ1n) is 35.2. The van der Waals surface area contributed by atoms with Gasteiger partial charge in [0.05, 0.1) is 0 Å². The summed E-state index contributed by atoms with van der Waals surface area (Å²) in [6.45, 7) is 6.50. The highest BCUT2D eigenvalue weighted by atomic mass is 16.6. The highest BCUT2D eigenvalue weighted by Gasteiger charge is 2.19. The third-order valence-corrected chi connectivity index (χ3v) is 15.4. The van der Waals surface area contributed by atoms with E-state index in [2.05, 4.69) is 118 Å². The van der Waals surface area contributed by atoms with Crippen LogP contribution in [-0.4, -0.2) is 37.2 Å². The lowest BCUT2D eigenvalue weighted by molar-refractivity contribution is -0.167. The van der Waals surface area contributed by atoms with Gasteiger partial charge in [-0.3, -0.25) is 14.4 Å². The molecule has 0 fully saturated rings. The molecule has 6 heteroatoms. The van der Waals surface area contributed by atoms with E-state index in [1.165, 1.54) is 193 Å². The molecule has 0 rings (SSSR count). The normalized spacial score (nSPS) is 12.7. The van der Waals surface area contributed by atoms with E-state index in [0.717, 1.165) is 116 Å². The zero-order valence-electron chi connectivity index (χ0n) is 54.2. The Balaban J connectivity index is 4.06. The lowest BCUT2D eigenvalue weighted by Crippen LogP contribution is -2.30. The lowest BCUT2D eigenvalue weighted by atomic mass is 10.0. The standard InChI is InChI=1S/C76H132O6/c1-4-7-10-13-16-18-20-22-24-26-28-30-32-34-35-36-37-38-39-40-41-43-44-46-48-50-52-54-56-58-60-63-66-69-75(78)81-72-73(71-80-74(77)68-65-62-15-12-9-6-3)82-76(79)70-67-64-61-59-57-55-53-51-49-47-45-42-33-31-29-27-25-23-21-19-17-14-11-8-5-2/h7,10,16,18,22,24,28,30,34-35,37-38,40-41,44,46,73H,4-6,8-9,11-15,17,19-21,23,25-27,29,31-33,36,39,42-43,45,47-72H2,1-3H3/b10-7-,18-16-,24-22-,30-28-,35-34-,38-37-,41-40-,46-44-. The van der Waals surface area contributed by atoms with Crippen LogP contribution in [-0.2, 0) is 28.6 Å². The van der Waals surface area contributed by atoms with E-state index >= 15 is 0 Å². The van der Waals surface area contributed by atoms with Crippen LogP contribution < -0.4 is 0 Å². The molecule has 472 valence electrons. The summed E-state index contributed by atoms with van der Waals surface area (Å²) in [7, 11) is 0. The Morgan fingerprint density at radius 2 is 0.476 bits per heavy atom. The summed E-state index contributed by atoms with van der Waals surface area (Å²) in [5, 5.41) is 0. The number of esters is 3. The second-order valence-corrected chi connectivity index (χ2v) is 23.4. The summed E-state index contributed by atoms with van der Waals surface area (Å²) in [4.78, 5) is 38.1. The maximum absolute atomic E-state index is 12.9. The molecule has 0 aliphatic heterocycles. The minimum Gasteiger partial charge on any atom is -0.462 e. The quantitative estimate of drug-likeness (QED) is 0.0261. The van der Waals surface area contributed by atoms with Gasteiger partial charge in [-0.05, 0) is 83.5 Å². The van der Waals surface area contributed by atoms with Gasteiger partial charge in [-0.2, -0.15) is 0 Å². The maximum atomic E-state index is 12.9. The van der Waals surface area contributed by atoms with Crippen molar-refractivity contribution in [1.82, 2.24) is 0 Å². The fourth-order valence-electron chi connectivity index (χ4n) is 10.1. The molecular weight excluding hydrogens is 1010 g/mol. The molecule has 1 atom stereocenters. The number of allylic oxidation sites excluding steroid dienone is 16. The zero-order valence-corrected chi connectivity index (χ0v) is 54.2. The molecule has 0 aromatic heterocycles. The van der Waals surface area contributed by atoms with Crippen LogP contribution in [0.15, 0.2) is 97.2 Å². The molecule has 0 aliphatic rings. The molecule has 0 saturated heterocycles. The number of carbonyl (C=O) groups is 3. The van der Waals surface area contributed by atoms with Crippen LogP contribution in [0, 0.1) is 0 Å². The van der Waals surface area contributed by atoms with Crippen molar-refractivity contribution >= 4 is 17.9 Å². The molecule has 6 nitrogen and oxygen atoms in total. The fourth-order valence-corrected chi connectivity index (χ4v) is 10.1. The second-order valence-electron chi connectivity index (χ2n) is 23.4. The molecule has 0 bridgehead atoms. The largest absolute Gasteiger partial charge is 0.462 e. The monoisotopic (exact) mass is 1140 g/mol. The topological polar surface area (TPSA) is 78.9 Å². The molecule has 0 amide bonds. The SMILES string of the molecule is CC/C=C\C/C=C\C/C=C\C/C=C\C/C=C\C/C=C\C/C=C\C/C=C\CCCCCCCCCCC(=O)OCC(COC(=O)CCCCCCCC)OC(=O)CCCCCCCCCCCCCCCCCCCCCCCCCCC. The second kappa shape index (κ2) is 69.8. The average molecular weight is 1140 g/mol. The van der Waals surface area contributed by atoms with Crippen molar-refractivity contribution in [3.8, 4) is 0 Å². The van der Waals surface area contributed by atoms with Gasteiger partial charge < -0.3 is 14.2 Å². The third-order valence-electron chi connectivity index (χ3n) is 15.4. The summed E-state index contributed by atoms with van der Waals surface area (Å²) in [5.74, 6) is -0.879. The molecule has 0 heterocycles. The van der Waals surface area contributed by atoms with Gasteiger partial charge in [0.15, 0.2) is 6.10 Å². The predicted molar refractivity (Wildman–Crippen MR) is 357 cm³/mol. The number of hydrogen-bond donors (Lipinski definition) is 0. The van der Waals surface area contributed by atoms with E-state index in [4.69, 9.17) is 14.2 Å². The van der Waals surface area contributed by atoms with Gasteiger partial charge >= 0.3 is 17.9 Å². The van der Waals surface area contributed by atoms with E-state index in [-0.39, 0.29) is 31.1 Å². The summed E-state index contributed by atoms with van der Waals surface area (Å²) >= 11 is 0. The van der Waals surface area contributed by atoms with Crippen molar-refractivity contribution in [3.63, 3.8) is 0 Å². The van der Waals surface area contributed by atoms with Gasteiger partial charge in [0.25, 0.3) is 0 Å². The number of hydrogen-bond acceptors (Lipinski definition) is 6. The molecule has 0 aromatic carbocycles. The van der Waals surface area contributed by atoms with E-state index in [1.54, 1.807) is 0 Å². The smallest absolute Gasteiger partial charge is 0.306 e. The molecule has 82 heavy (non-hydrogen) atoms. The zero-order chi connectivity index (χ0) is 59.2. The first-order valence-corrected chi connectivity index (χ1v) is 35.2. The molecular formula is C76H132O6. The van der Waals surface area contributed by atoms with E-state index in [0.29, 0.717) is 19.3 Å². The number of rotatable bonds is 64. The molecule has 0 spiro atoms. The van der Waals surface area contributed by atoms with Crippen LogP contribution in [0.1, 0.15) is 348 Å². The fraction of sp³-hybridized carbons (Fsp3) is 0.750. The highest BCUT2D eigenvalue weighted by Crippen LogP contribution is 2.18. The van der Waals surface area contributed by atoms with E-state index < -0.39 is 6.10 Å². The molecule has 0 aromatic rings. The van der Waals surface area contributed by atoms with Crippen LogP contribution in [0.2, 0.25) is 0 Å². The first kappa shape index (κ1) is 78.3. The van der Waals surface area contributed by atoms with Crippen LogP contribution in [0.4, 0.5) is 0 Å². The van der Waals surface area contributed by atoms with E-state index in [9.17, 15) is 14.4 Å².